The van der Waals surface area contributed by atoms with Gasteiger partial charge < -0.3 is 10.2 Å². The van der Waals surface area contributed by atoms with Gasteiger partial charge in [0.05, 0.1) is 6.04 Å². The third-order valence-corrected chi connectivity index (χ3v) is 4.91. The predicted molar refractivity (Wildman–Crippen MR) is 104 cm³/mol. The Bertz CT molecular complexity index is 1010. The van der Waals surface area contributed by atoms with E-state index in [4.69, 9.17) is 0 Å². The maximum Gasteiger partial charge on any atom is 0.270 e. The summed E-state index contributed by atoms with van der Waals surface area (Å²) in [5, 5.41) is 5.26. The molecule has 27 heavy (non-hydrogen) atoms. The van der Waals surface area contributed by atoms with E-state index >= 15 is 0 Å². The van der Waals surface area contributed by atoms with Gasteiger partial charge in [0.15, 0.2) is 0 Å². The van der Waals surface area contributed by atoms with Crippen LogP contribution in [0, 0.1) is 6.92 Å². The van der Waals surface area contributed by atoms with Crippen LogP contribution in [0.4, 0.5) is 0 Å². The maximum atomic E-state index is 12.5. The number of hydrogen-bond donors (Lipinski definition) is 1. The van der Waals surface area contributed by atoms with Gasteiger partial charge in [0.25, 0.3) is 5.91 Å². The highest BCUT2D eigenvalue weighted by Gasteiger charge is 2.31. The Kier molecular flexibility index (Phi) is 4.59. The molecule has 4 rings (SSSR count). The number of likely N-dealkylation sites (tertiary alicyclic amines) is 1. The topological polar surface area (TPSA) is 62.3 Å². The molecule has 1 atom stereocenters. The van der Waals surface area contributed by atoms with Crippen LogP contribution < -0.4 is 5.32 Å². The molecule has 136 valence electrons. The molecular weight excluding hydrogens is 338 g/mol. The summed E-state index contributed by atoms with van der Waals surface area (Å²) in [4.78, 5) is 30.9. The molecule has 1 N–H and O–H groups in total. The van der Waals surface area contributed by atoms with Crippen molar-refractivity contribution in [3.63, 3.8) is 0 Å². The number of nitrogens with one attached hydrogen (secondary N) is 1. The van der Waals surface area contributed by atoms with Crippen LogP contribution in [-0.2, 0) is 11.3 Å². The lowest BCUT2D eigenvalue weighted by atomic mass is 10.0. The molecule has 0 aliphatic carbocycles. The number of pyridine rings is 1. The van der Waals surface area contributed by atoms with E-state index in [2.05, 4.69) is 34.6 Å². The summed E-state index contributed by atoms with van der Waals surface area (Å²) in [6, 6.07) is 19.5. The zero-order chi connectivity index (χ0) is 18.8. The SMILES string of the molecule is Cc1cccc(C(=O)N[C@H]2CC(=O)N(Cc3cccc4ccccc34)C2)n1. The van der Waals surface area contributed by atoms with Crippen molar-refractivity contribution in [1.29, 1.82) is 0 Å². The van der Waals surface area contributed by atoms with Crippen molar-refractivity contribution in [2.75, 3.05) is 6.54 Å². The quantitative estimate of drug-likeness (QED) is 0.779. The molecule has 2 amide bonds. The highest BCUT2D eigenvalue weighted by molar-refractivity contribution is 5.93. The van der Waals surface area contributed by atoms with E-state index in [9.17, 15) is 9.59 Å². The molecule has 2 heterocycles. The summed E-state index contributed by atoms with van der Waals surface area (Å²) in [5.74, 6) is -0.172. The van der Waals surface area contributed by atoms with Crippen LogP contribution in [0.2, 0.25) is 0 Å². The smallest absolute Gasteiger partial charge is 0.270 e. The number of nitrogens with zero attached hydrogens (tertiary/aromatic N) is 2. The fourth-order valence-corrected chi connectivity index (χ4v) is 3.59. The molecule has 2 aromatic carbocycles. The number of hydrogen-bond acceptors (Lipinski definition) is 3. The van der Waals surface area contributed by atoms with Gasteiger partial charge >= 0.3 is 0 Å². The van der Waals surface area contributed by atoms with Gasteiger partial charge in [-0.2, -0.15) is 0 Å². The molecule has 0 bridgehead atoms. The van der Waals surface area contributed by atoms with Crippen LogP contribution in [0.15, 0.2) is 60.7 Å². The van der Waals surface area contributed by atoms with E-state index in [0.717, 1.165) is 22.0 Å². The summed E-state index contributed by atoms with van der Waals surface area (Å²) < 4.78 is 0. The number of carbonyl (C=O) groups excluding carboxylic acids is 2. The minimum atomic E-state index is -0.233. The molecule has 1 aromatic heterocycles. The molecule has 0 unspecified atom stereocenters. The second-order valence-corrected chi connectivity index (χ2v) is 6.95. The lowest BCUT2D eigenvalue weighted by Gasteiger charge is -2.18. The van der Waals surface area contributed by atoms with E-state index in [1.165, 1.54) is 0 Å². The third-order valence-electron chi connectivity index (χ3n) is 4.91. The molecule has 5 heteroatoms. The van der Waals surface area contributed by atoms with Crippen molar-refractivity contribution in [2.24, 2.45) is 0 Å². The van der Waals surface area contributed by atoms with Crippen molar-refractivity contribution in [2.45, 2.75) is 25.9 Å². The normalized spacial score (nSPS) is 16.7. The first-order chi connectivity index (χ1) is 13.1. The van der Waals surface area contributed by atoms with E-state index < -0.39 is 0 Å². The second-order valence-electron chi connectivity index (χ2n) is 6.95. The van der Waals surface area contributed by atoms with Gasteiger partial charge in [-0.1, -0.05) is 48.5 Å². The molecule has 1 fully saturated rings. The van der Waals surface area contributed by atoms with E-state index in [1.807, 2.05) is 42.2 Å². The molecule has 0 radical (unpaired) electrons. The zero-order valence-corrected chi connectivity index (χ0v) is 15.2. The van der Waals surface area contributed by atoms with Crippen LogP contribution in [0.5, 0.6) is 0 Å². The second kappa shape index (κ2) is 7.19. The standard InChI is InChI=1S/C22H21N3O2/c1-15-6-4-11-20(23-15)22(27)24-18-12-21(26)25(14-18)13-17-9-5-8-16-7-2-3-10-19(16)17/h2-11,18H,12-14H2,1H3,(H,24,27)/t18-/m0/s1. The minimum absolute atomic E-state index is 0.0606. The summed E-state index contributed by atoms with van der Waals surface area (Å²) in [5.41, 5.74) is 2.30. The summed E-state index contributed by atoms with van der Waals surface area (Å²) in [6.45, 7) is 2.91. The molecule has 1 saturated heterocycles. The molecule has 0 spiro atoms. The van der Waals surface area contributed by atoms with Gasteiger partial charge in [0, 0.05) is 25.2 Å². The zero-order valence-electron chi connectivity index (χ0n) is 15.2. The number of rotatable bonds is 4. The van der Waals surface area contributed by atoms with Crippen LogP contribution in [0.25, 0.3) is 10.8 Å². The molecule has 1 aliphatic rings. The van der Waals surface area contributed by atoms with Gasteiger partial charge in [-0.05, 0) is 35.4 Å². The van der Waals surface area contributed by atoms with Gasteiger partial charge in [-0.15, -0.1) is 0 Å². The number of aryl methyl sites for hydroxylation is 1. The van der Waals surface area contributed by atoms with Crippen molar-refractivity contribution >= 4 is 22.6 Å². The van der Waals surface area contributed by atoms with Crippen molar-refractivity contribution in [3.05, 3.63) is 77.6 Å². The Morgan fingerprint density at radius 3 is 2.74 bits per heavy atom. The Hall–Kier alpha value is -3.21. The monoisotopic (exact) mass is 359 g/mol. The number of aromatic nitrogens is 1. The highest BCUT2D eigenvalue weighted by atomic mass is 16.2. The summed E-state index contributed by atoms with van der Waals surface area (Å²) in [6.07, 6.45) is 0.322. The molecule has 3 aromatic rings. The van der Waals surface area contributed by atoms with Crippen molar-refractivity contribution in [3.8, 4) is 0 Å². The van der Waals surface area contributed by atoms with Crippen LogP contribution >= 0.6 is 0 Å². The largest absolute Gasteiger partial charge is 0.346 e. The minimum Gasteiger partial charge on any atom is -0.346 e. The lowest BCUT2D eigenvalue weighted by molar-refractivity contribution is -0.128. The Balaban J connectivity index is 1.45. The Labute approximate surface area is 158 Å². The third kappa shape index (κ3) is 3.67. The predicted octanol–water partition coefficient (Wildman–Crippen LogP) is 3.07. The fraction of sp³-hybridized carbons (Fsp3) is 0.227. The van der Waals surface area contributed by atoms with Crippen molar-refractivity contribution < 1.29 is 9.59 Å². The van der Waals surface area contributed by atoms with Gasteiger partial charge in [-0.25, -0.2) is 4.98 Å². The average molecular weight is 359 g/mol. The first-order valence-electron chi connectivity index (χ1n) is 9.09. The van der Waals surface area contributed by atoms with Crippen LogP contribution in [0.1, 0.15) is 28.2 Å². The van der Waals surface area contributed by atoms with E-state index in [0.29, 0.717) is 25.2 Å². The Morgan fingerprint density at radius 1 is 1.11 bits per heavy atom. The first kappa shape index (κ1) is 17.2. The summed E-state index contributed by atoms with van der Waals surface area (Å²) in [7, 11) is 0. The van der Waals surface area contributed by atoms with Crippen molar-refractivity contribution in [1.82, 2.24) is 15.2 Å². The van der Waals surface area contributed by atoms with E-state index in [-0.39, 0.29) is 17.9 Å². The maximum absolute atomic E-state index is 12.5. The number of fused-ring (bicyclic) bond motifs is 1. The molecule has 5 nitrogen and oxygen atoms in total. The lowest BCUT2D eigenvalue weighted by Crippen LogP contribution is -2.37. The van der Waals surface area contributed by atoms with Gasteiger partial charge in [0.2, 0.25) is 5.91 Å². The van der Waals surface area contributed by atoms with E-state index in [1.54, 1.807) is 6.07 Å². The van der Waals surface area contributed by atoms with Gasteiger partial charge in [0.1, 0.15) is 5.69 Å². The Morgan fingerprint density at radius 2 is 1.89 bits per heavy atom. The fourth-order valence-electron chi connectivity index (χ4n) is 3.59. The molecular formula is C22H21N3O2. The van der Waals surface area contributed by atoms with Gasteiger partial charge in [-0.3, -0.25) is 9.59 Å². The first-order valence-corrected chi connectivity index (χ1v) is 9.09. The highest BCUT2D eigenvalue weighted by Crippen LogP contribution is 2.22. The molecule has 0 saturated carbocycles. The number of amides is 2. The average Bonchev–Trinajstić information content (AvgIpc) is 3.01. The molecule has 1 aliphatic heterocycles. The van der Waals surface area contributed by atoms with Crippen LogP contribution in [-0.4, -0.2) is 34.3 Å². The summed E-state index contributed by atoms with van der Waals surface area (Å²) >= 11 is 0. The van der Waals surface area contributed by atoms with Crippen LogP contribution in [0.3, 0.4) is 0 Å². The number of benzene rings is 2. The number of carbonyl (C=O) groups is 2.